The molecule has 3 nitrogen and oxygen atoms in total. The van der Waals surface area contributed by atoms with Gasteiger partial charge in [-0.2, -0.15) is 5.26 Å². The molecule has 0 unspecified atom stereocenters. The van der Waals surface area contributed by atoms with Crippen molar-refractivity contribution in [1.29, 1.82) is 5.26 Å². The van der Waals surface area contributed by atoms with Crippen LogP contribution in [-0.4, -0.2) is 9.55 Å². The normalized spacial score (nSPS) is 14.1. The number of hydrogen-bond acceptors (Lipinski definition) is 2. The van der Waals surface area contributed by atoms with Crippen molar-refractivity contribution < 1.29 is 0 Å². The van der Waals surface area contributed by atoms with Crippen LogP contribution in [0.15, 0.2) is 36.4 Å². The predicted octanol–water partition coefficient (Wildman–Crippen LogP) is 5.14. The number of aromatic nitrogens is 2. The van der Waals surface area contributed by atoms with Gasteiger partial charge in [0.25, 0.3) is 0 Å². The summed E-state index contributed by atoms with van der Waals surface area (Å²) in [6.07, 6.45) is 2.36. The number of imidazole rings is 1. The van der Waals surface area contributed by atoms with Crippen LogP contribution in [0.3, 0.4) is 0 Å². The van der Waals surface area contributed by atoms with Crippen molar-refractivity contribution in [2.45, 2.75) is 25.3 Å². The molecule has 0 saturated heterocycles. The molecule has 1 aromatic heterocycles. The first-order chi connectivity index (χ1) is 11.2. The zero-order valence-corrected chi connectivity index (χ0v) is 13.8. The molecule has 1 saturated carbocycles. The summed E-state index contributed by atoms with van der Waals surface area (Å²) in [6.45, 7) is 0.714. The lowest BCUT2D eigenvalue weighted by Crippen LogP contribution is -2.04. The quantitative estimate of drug-likeness (QED) is 0.661. The minimum Gasteiger partial charge on any atom is -0.323 e. The Bertz CT molecular complexity index is 932. The lowest BCUT2D eigenvalue weighted by atomic mass is 10.1. The SMILES string of the molecule is N#Cc1ccc(Cn2c(C3CC3)nc3cc(Cl)c(Cl)cc32)cc1. The van der Waals surface area contributed by atoms with E-state index in [0.717, 1.165) is 22.4 Å². The maximum Gasteiger partial charge on any atom is 0.113 e. The summed E-state index contributed by atoms with van der Waals surface area (Å²) in [6, 6.07) is 13.5. The smallest absolute Gasteiger partial charge is 0.113 e. The summed E-state index contributed by atoms with van der Waals surface area (Å²) in [4.78, 5) is 4.77. The van der Waals surface area contributed by atoms with E-state index in [9.17, 15) is 0 Å². The second-order valence-electron chi connectivity index (χ2n) is 5.89. The Morgan fingerprint density at radius 2 is 1.83 bits per heavy atom. The van der Waals surface area contributed by atoms with Gasteiger partial charge in [-0.15, -0.1) is 0 Å². The van der Waals surface area contributed by atoms with Gasteiger partial charge in [0, 0.05) is 12.5 Å². The summed E-state index contributed by atoms with van der Waals surface area (Å²) in [5, 5.41) is 9.99. The molecule has 0 atom stereocenters. The maximum absolute atomic E-state index is 8.92. The van der Waals surface area contributed by atoms with Crippen LogP contribution in [-0.2, 0) is 6.54 Å². The highest BCUT2D eigenvalue weighted by Gasteiger charge is 2.29. The fourth-order valence-corrected chi connectivity index (χ4v) is 3.14. The van der Waals surface area contributed by atoms with Crippen LogP contribution < -0.4 is 0 Å². The largest absolute Gasteiger partial charge is 0.323 e. The van der Waals surface area contributed by atoms with Gasteiger partial charge in [0.2, 0.25) is 0 Å². The molecule has 4 rings (SSSR count). The highest BCUT2D eigenvalue weighted by molar-refractivity contribution is 6.42. The summed E-state index contributed by atoms with van der Waals surface area (Å²) in [5.74, 6) is 1.63. The molecule has 23 heavy (non-hydrogen) atoms. The Hall–Kier alpha value is -2.02. The number of hydrogen-bond donors (Lipinski definition) is 0. The van der Waals surface area contributed by atoms with E-state index < -0.39 is 0 Å². The van der Waals surface area contributed by atoms with E-state index in [1.165, 1.54) is 12.8 Å². The topological polar surface area (TPSA) is 41.6 Å². The third-order valence-electron chi connectivity index (χ3n) is 4.19. The van der Waals surface area contributed by atoms with Gasteiger partial charge < -0.3 is 4.57 Å². The van der Waals surface area contributed by atoms with E-state index in [-0.39, 0.29) is 0 Å². The second-order valence-corrected chi connectivity index (χ2v) is 6.71. The number of halogens is 2. The Morgan fingerprint density at radius 3 is 2.48 bits per heavy atom. The monoisotopic (exact) mass is 341 g/mol. The van der Waals surface area contributed by atoms with Gasteiger partial charge in [-0.25, -0.2) is 4.98 Å². The van der Waals surface area contributed by atoms with E-state index in [4.69, 9.17) is 33.4 Å². The Kier molecular flexibility index (Phi) is 3.52. The van der Waals surface area contributed by atoms with E-state index in [0.29, 0.717) is 28.1 Å². The first-order valence-electron chi connectivity index (χ1n) is 7.50. The highest BCUT2D eigenvalue weighted by Crippen LogP contribution is 2.41. The summed E-state index contributed by atoms with van der Waals surface area (Å²) < 4.78 is 2.22. The molecule has 0 spiro atoms. The molecule has 0 amide bonds. The first-order valence-corrected chi connectivity index (χ1v) is 8.25. The molecular formula is C18H13Cl2N3. The van der Waals surface area contributed by atoms with Crippen molar-refractivity contribution in [3.63, 3.8) is 0 Å². The molecule has 114 valence electrons. The Morgan fingerprint density at radius 1 is 1.13 bits per heavy atom. The van der Waals surface area contributed by atoms with Gasteiger partial charge in [0.1, 0.15) is 5.82 Å². The highest BCUT2D eigenvalue weighted by atomic mass is 35.5. The lowest BCUT2D eigenvalue weighted by molar-refractivity contribution is 0.747. The molecule has 2 aromatic carbocycles. The molecule has 5 heteroatoms. The summed E-state index contributed by atoms with van der Waals surface area (Å²) >= 11 is 12.3. The van der Waals surface area contributed by atoms with Gasteiger partial charge in [-0.1, -0.05) is 35.3 Å². The fourth-order valence-electron chi connectivity index (χ4n) is 2.83. The molecule has 1 heterocycles. The zero-order chi connectivity index (χ0) is 16.0. The molecule has 0 aliphatic heterocycles. The van der Waals surface area contributed by atoms with Crippen molar-refractivity contribution in [1.82, 2.24) is 9.55 Å². The van der Waals surface area contributed by atoms with Crippen LogP contribution in [0.25, 0.3) is 11.0 Å². The number of benzene rings is 2. The molecule has 0 bridgehead atoms. The van der Waals surface area contributed by atoms with Crippen molar-refractivity contribution in [3.05, 3.63) is 63.4 Å². The van der Waals surface area contributed by atoms with Crippen LogP contribution in [0.5, 0.6) is 0 Å². The van der Waals surface area contributed by atoms with Crippen molar-refractivity contribution in [3.8, 4) is 6.07 Å². The summed E-state index contributed by atoms with van der Waals surface area (Å²) in [5.41, 5.74) is 3.69. The van der Waals surface area contributed by atoms with Crippen molar-refractivity contribution in [2.75, 3.05) is 0 Å². The van der Waals surface area contributed by atoms with Gasteiger partial charge >= 0.3 is 0 Å². The average molecular weight is 342 g/mol. The van der Waals surface area contributed by atoms with Crippen LogP contribution >= 0.6 is 23.2 Å². The van der Waals surface area contributed by atoms with Crippen LogP contribution in [0.2, 0.25) is 10.0 Å². The minimum absolute atomic E-state index is 0.526. The fraction of sp³-hybridized carbons (Fsp3) is 0.222. The van der Waals surface area contributed by atoms with Crippen molar-refractivity contribution >= 4 is 34.2 Å². The van der Waals surface area contributed by atoms with E-state index in [1.807, 2.05) is 36.4 Å². The lowest BCUT2D eigenvalue weighted by Gasteiger charge is -2.09. The molecule has 1 fully saturated rings. The Balaban J connectivity index is 1.81. The molecule has 3 aromatic rings. The molecule has 1 aliphatic rings. The third-order valence-corrected chi connectivity index (χ3v) is 4.91. The number of fused-ring (bicyclic) bond motifs is 1. The number of rotatable bonds is 3. The van der Waals surface area contributed by atoms with Crippen LogP contribution in [0.1, 0.15) is 35.7 Å². The van der Waals surface area contributed by atoms with Crippen LogP contribution in [0, 0.1) is 11.3 Å². The molecule has 0 radical (unpaired) electrons. The molecular weight excluding hydrogens is 329 g/mol. The van der Waals surface area contributed by atoms with Crippen molar-refractivity contribution in [2.24, 2.45) is 0 Å². The van der Waals surface area contributed by atoms with Crippen LogP contribution in [0.4, 0.5) is 0 Å². The molecule has 0 N–H and O–H groups in total. The number of nitrogens with zero attached hydrogens (tertiary/aromatic N) is 3. The summed E-state index contributed by atoms with van der Waals surface area (Å²) in [7, 11) is 0. The zero-order valence-electron chi connectivity index (χ0n) is 12.3. The average Bonchev–Trinajstić information content (AvgIpc) is 3.34. The van der Waals surface area contributed by atoms with Gasteiger partial charge in [0.05, 0.1) is 32.7 Å². The van der Waals surface area contributed by atoms with Gasteiger partial charge in [-0.3, -0.25) is 0 Å². The first kappa shape index (κ1) is 14.6. The third kappa shape index (κ3) is 2.69. The Labute approximate surface area is 144 Å². The van der Waals surface area contributed by atoms with E-state index in [2.05, 4.69) is 10.6 Å². The number of nitriles is 1. The van der Waals surface area contributed by atoms with Gasteiger partial charge in [-0.05, 0) is 42.7 Å². The molecule has 1 aliphatic carbocycles. The predicted molar refractivity (Wildman–Crippen MR) is 92.0 cm³/mol. The van der Waals surface area contributed by atoms with E-state index in [1.54, 1.807) is 0 Å². The maximum atomic E-state index is 8.92. The van der Waals surface area contributed by atoms with Gasteiger partial charge in [0.15, 0.2) is 0 Å². The standard InChI is InChI=1S/C18H13Cl2N3/c19-14-7-16-17(8-15(14)20)23(18(22-16)13-5-6-13)10-12-3-1-11(9-21)2-4-12/h1-4,7-8,13H,5-6,10H2. The van der Waals surface area contributed by atoms with E-state index >= 15 is 0 Å². The minimum atomic E-state index is 0.526. The second kappa shape index (κ2) is 5.56.